The SMILES string of the molecule is CC1C(=O)NCCCN1C(=O)CCc1ccccc1C(F)(F)F. The zero-order valence-corrected chi connectivity index (χ0v) is 12.8. The van der Waals surface area contributed by atoms with Gasteiger partial charge in [-0.1, -0.05) is 18.2 Å². The van der Waals surface area contributed by atoms with Crippen LogP contribution in [-0.4, -0.2) is 35.8 Å². The van der Waals surface area contributed by atoms with Gasteiger partial charge in [0.15, 0.2) is 0 Å². The summed E-state index contributed by atoms with van der Waals surface area (Å²) in [6.45, 7) is 2.56. The largest absolute Gasteiger partial charge is 0.416 e. The summed E-state index contributed by atoms with van der Waals surface area (Å²) in [6, 6.07) is 4.66. The van der Waals surface area contributed by atoms with Crippen molar-refractivity contribution in [3.8, 4) is 0 Å². The Morgan fingerprint density at radius 1 is 1.35 bits per heavy atom. The number of carbonyl (C=O) groups excluding carboxylic acids is 2. The Bertz CT molecular complexity index is 587. The smallest absolute Gasteiger partial charge is 0.354 e. The maximum Gasteiger partial charge on any atom is 0.416 e. The van der Waals surface area contributed by atoms with E-state index >= 15 is 0 Å². The molecule has 1 fully saturated rings. The van der Waals surface area contributed by atoms with Crippen LogP contribution in [0, 0.1) is 0 Å². The highest BCUT2D eigenvalue weighted by Gasteiger charge is 2.33. The second kappa shape index (κ2) is 7.02. The van der Waals surface area contributed by atoms with Crippen molar-refractivity contribution in [1.29, 1.82) is 0 Å². The fourth-order valence-electron chi connectivity index (χ4n) is 2.68. The van der Waals surface area contributed by atoms with E-state index in [1.165, 1.54) is 23.1 Å². The molecule has 4 nitrogen and oxygen atoms in total. The van der Waals surface area contributed by atoms with E-state index in [9.17, 15) is 22.8 Å². The van der Waals surface area contributed by atoms with Crippen molar-refractivity contribution in [3.63, 3.8) is 0 Å². The van der Waals surface area contributed by atoms with Gasteiger partial charge in [-0.05, 0) is 31.4 Å². The van der Waals surface area contributed by atoms with Gasteiger partial charge in [0.05, 0.1) is 5.56 Å². The van der Waals surface area contributed by atoms with E-state index in [2.05, 4.69) is 5.32 Å². The fraction of sp³-hybridized carbons (Fsp3) is 0.500. The third kappa shape index (κ3) is 4.24. The number of halogens is 3. The van der Waals surface area contributed by atoms with Gasteiger partial charge in [0, 0.05) is 19.5 Å². The van der Waals surface area contributed by atoms with Crippen molar-refractivity contribution in [2.75, 3.05) is 13.1 Å². The van der Waals surface area contributed by atoms with Gasteiger partial charge in [-0.25, -0.2) is 0 Å². The Kier molecular flexibility index (Phi) is 5.28. The summed E-state index contributed by atoms with van der Waals surface area (Å²) in [5.41, 5.74) is -0.616. The molecule has 23 heavy (non-hydrogen) atoms. The predicted octanol–water partition coefficient (Wildman–Crippen LogP) is 2.38. The number of rotatable bonds is 3. The van der Waals surface area contributed by atoms with E-state index in [-0.39, 0.29) is 30.2 Å². The highest BCUT2D eigenvalue weighted by atomic mass is 19.4. The molecule has 0 radical (unpaired) electrons. The van der Waals surface area contributed by atoms with Gasteiger partial charge < -0.3 is 10.2 Å². The van der Waals surface area contributed by atoms with Crippen LogP contribution >= 0.6 is 0 Å². The lowest BCUT2D eigenvalue weighted by Crippen LogP contribution is -2.45. The number of nitrogens with one attached hydrogen (secondary N) is 1. The number of carbonyl (C=O) groups is 2. The van der Waals surface area contributed by atoms with Gasteiger partial charge in [-0.2, -0.15) is 13.2 Å². The molecule has 0 bridgehead atoms. The molecule has 1 aromatic carbocycles. The van der Waals surface area contributed by atoms with Crippen LogP contribution in [0.3, 0.4) is 0 Å². The van der Waals surface area contributed by atoms with Crippen molar-refractivity contribution in [2.24, 2.45) is 0 Å². The maximum absolute atomic E-state index is 12.9. The van der Waals surface area contributed by atoms with Gasteiger partial charge in [0.2, 0.25) is 11.8 Å². The van der Waals surface area contributed by atoms with Crippen LogP contribution in [0.15, 0.2) is 24.3 Å². The quantitative estimate of drug-likeness (QED) is 0.926. The monoisotopic (exact) mass is 328 g/mol. The molecule has 1 aliphatic rings. The molecule has 2 amide bonds. The van der Waals surface area contributed by atoms with Crippen LogP contribution in [-0.2, 0) is 22.2 Å². The van der Waals surface area contributed by atoms with E-state index in [1.54, 1.807) is 6.92 Å². The van der Waals surface area contributed by atoms with E-state index < -0.39 is 17.8 Å². The van der Waals surface area contributed by atoms with E-state index in [4.69, 9.17) is 0 Å². The lowest BCUT2D eigenvalue weighted by molar-refractivity contribution is -0.140. The van der Waals surface area contributed by atoms with Crippen molar-refractivity contribution < 1.29 is 22.8 Å². The number of benzene rings is 1. The summed E-state index contributed by atoms with van der Waals surface area (Å²) in [6.07, 6.45) is -3.85. The lowest BCUT2D eigenvalue weighted by atomic mass is 10.0. The standard InChI is InChI=1S/C16H19F3N2O2/c1-11-15(23)20-9-4-10-21(11)14(22)8-7-12-5-2-3-6-13(12)16(17,18)19/h2-3,5-6,11H,4,7-10H2,1H3,(H,20,23). The average Bonchev–Trinajstić information content (AvgIpc) is 2.66. The minimum atomic E-state index is -4.44. The molecule has 0 saturated carbocycles. The van der Waals surface area contributed by atoms with E-state index in [1.807, 2.05) is 0 Å². The summed E-state index contributed by atoms with van der Waals surface area (Å²) >= 11 is 0. The molecule has 1 saturated heterocycles. The molecule has 1 aliphatic heterocycles. The van der Waals surface area contributed by atoms with Gasteiger partial charge in [-0.3, -0.25) is 9.59 Å². The topological polar surface area (TPSA) is 49.4 Å². The third-order valence-electron chi connectivity index (χ3n) is 3.97. The van der Waals surface area contributed by atoms with Crippen LogP contribution < -0.4 is 5.32 Å². The molecule has 1 aromatic rings. The highest BCUT2D eigenvalue weighted by molar-refractivity contribution is 5.87. The Balaban J connectivity index is 2.06. The molecule has 1 heterocycles. The normalized spacial score (nSPS) is 19.2. The zero-order chi connectivity index (χ0) is 17.0. The van der Waals surface area contributed by atoms with Crippen LogP contribution in [0.25, 0.3) is 0 Å². The number of aryl methyl sites for hydroxylation is 1. The second-order valence-electron chi connectivity index (χ2n) is 5.56. The summed E-state index contributed by atoms with van der Waals surface area (Å²) < 4.78 is 38.8. The molecule has 1 unspecified atom stereocenters. The lowest BCUT2D eigenvalue weighted by Gasteiger charge is -2.25. The molecule has 1 atom stereocenters. The van der Waals surface area contributed by atoms with Crippen molar-refractivity contribution in [2.45, 2.75) is 38.4 Å². The minimum Gasteiger partial charge on any atom is -0.354 e. The van der Waals surface area contributed by atoms with Gasteiger partial charge >= 0.3 is 6.18 Å². The molecule has 0 spiro atoms. The minimum absolute atomic E-state index is 0.000639. The van der Waals surface area contributed by atoms with E-state index in [0.717, 1.165) is 6.07 Å². The molecular weight excluding hydrogens is 309 g/mol. The molecule has 126 valence electrons. The summed E-state index contributed by atoms with van der Waals surface area (Å²) in [7, 11) is 0. The van der Waals surface area contributed by atoms with Crippen molar-refractivity contribution in [1.82, 2.24) is 10.2 Å². The van der Waals surface area contributed by atoms with Gasteiger partial charge in [0.1, 0.15) is 6.04 Å². The predicted molar refractivity (Wildman–Crippen MR) is 78.6 cm³/mol. The van der Waals surface area contributed by atoms with Crippen LogP contribution in [0.4, 0.5) is 13.2 Å². The summed E-state index contributed by atoms with van der Waals surface area (Å²) in [4.78, 5) is 25.5. The van der Waals surface area contributed by atoms with Crippen molar-refractivity contribution in [3.05, 3.63) is 35.4 Å². The number of alkyl halides is 3. The van der Waals surface area contributed by atoms with Crippen LogP contribution in [0.5, 0.6) is 0 Å². The number of nitrogens with zero attached hydrogens (tertiary/aromatic N) is 1. The zero-order valence-electron chi connectivity index (χ0n) is 12.8. The third-order valence-corrected chi connectivity index (χ3v) is 3.97. The molecule has 7 heteroatoms. The van der Waals surface area contributed by atoms with Gasteiger partial charge in [-0.15, -0.1) is 0 Å². The Morgan fingerprint density at radius 3 is 2.74 bits per heavy atom. The van der Waals surface area contributed by atoms with Crippen molar-refractivity contribution >= 4 is 11.8 Å². The molecule has 0 aromatic heterocycles. The molecule has 0 aliphatic carbocycles. The summed E-state index contributed by atoms with van der Waals surface area (Å²) in [5, 5.41) is 2.70. The first-order chi connectivity index (χ1) is 10.8. The molecule has 1 N–H and O–H groups in total. The average molecular weight is 328 g/mol. The fourth-order valence-corrected chi connectivity index (χ4v) is 2.68. The summed E-state index contributed by atoms with van der Waals surface area (Å²) in [5.74, 6) is -0.530. The number of hydrogen-bond acceptors (Lipinski definition) is 2. The van der Waals surface area contributed by atoms with Crippen LogP contribution in [0.2, 0.25) is 0 Å². The molecular formula is C16H19F3N2O2. The maximum atomic E-state index is 12.9. The second-order valence-corrected chi connectivity index (χ2v) is 5.56. The van der Waals surface area contributed by atoms with E-state index in [0.29, 0.717) is 19.5 Å². The highest BCUT2D eigenvalue weighted by Crippen LogP contribution is 2.32. The first-order valence-electron chi connectivity index (χ1n) is 7.53. The van der Waals surface area contributed by atoms with Gasteiger partial charge in [0.25, 0.3) is 0 Å². The Labute approximate surface area is 132 Å². The Morgan fingerprint density at radius 2 is 2.04 bits per heavy atom. The number of hydrogen-bond donors (Lipinski definition) is 1. The molecule has 2 rings (SSSR count). The first kappa shape index (κ1) is 17.3. The first-order valence-corrected chi connectivity index (χ1v) is 7.53. The number of amides is 2. The van der Waals surface area contributed by atoms with Crippen LogP contribution in [0.1, 0.15) is 30.9 Å². The Hall–Kier alpha value is -2.05.